The SMILES string of the molecule is CC1CC(N2CCCC(N)C2)CCO1. The predicted molar refractivity (Wildman–Crippen MR) is 57.2 cm³/mol. The minimum atomic E-state index is 0.405. The summed E-state index contributed by atoms with van der Waals surface area (Å²) in [6.45, 7) is 5.44. The molecule has 2 saturated heterocycles. The Morgan fingerprint density at radius 3 is 2.93 bits per heavy atom. The van der Waals surface area contributed by atoms with E-state index in [0.29, 0.717) is 12.1 Å². The summed E-state index contributed by atoms with van der Waals surface area (Å²) in [5, 5.41) is 0. The van der Waals surface area contributed by atoms with E-state index in [-0.39, 0.29) is 0 Å². The minimum Gasteiger partial charge on any atom is -0.378 e. The van der Waals surface area contributed by atoms with Crippen LogP contribution in [0.3, 0.4) is 0 Å². The molecule has 3 heteroatoms. The molecule has 3 nitrogen and oxygen atoms in total. The van der Waals surface area contributed by atoms with Gasteiger partial charge in [0.05, 0.1) is 6.10 Å². The van der Waals surface area contributed by atoms with Crippen LogP contribution in [0.5, 0.6) is 0 Å². The largest absolute Gasteiger partial charge is 0.378 e. The van der Waals surface area contributed by atoms with Crippen LogP contribution in [0.25, 0.3) is 0 Å². The van der Waals surface area contributed by atoms with E-state index >= 15 is 0 Å². The number of nitrogens with zero attached hydrogens (tertiary/aromatic N) is 1. The van der Waals surface area contributed by atoms with Gasteiger partial charge in [0, 0.05) is 25.2 Å². The van der Waals surface area contributed by atoms with E-state index in [1.165, 1.54) is 32.2 Å². The van der Waals surface area contributed by atoms with Crippen molar-refractivity contribution >= 4 is 0 Å². The van der Waals surface area contributed by atoms with Crippen molar-refractivity contribution in [2.24, 2.45) is 5.73 Å². The molecule has 3 atom stereocenters. The number of rotatable bonds is 1. The van der Waals surface area contributed by atoms with E-state index in [4.69, 9.17) is 10.5 Å². The monoisotopic (exact) mass is 198 g/mol. The highest BCUT2D eigenvalue weighted by Gasteiger charge is 2.27. The second-order valence-electron chi connectivity index (χ2n) is 4.76. The predicted octanol–water partition coefficient (Wildman–Crippen LogP) is 0.977. The van der Waals surface area contributed by atoms with Crippen molar-refractivity contribution in [2.75, 3.05) is 19.7 Å². The molecule has 14 heavy (non-hydrogen) atoms. The van der Waals surface area contributed by atoms with Crippen molar-refractivity contribution in [3.05, 3.63) is 0 Å². The fourth-order valence-electron chi connectivity index (χ4n) is 2.68. The van der Waals surface area contributed by atoms with Crippen LogP contribution in [-0.4, -0.2) is 42.8 Å². The molecular formula is C11H22N2O. The lowest BCUT2D eigenvalue weighted by Gasteiger charge is -2.40. The maximum Gasteiger partial charge on any atom is 0.0561 e. The van der Waals surface area contributed by atoms with Gasteiger partial charge in [-0.3, -0.25) is 4.90 Å². The number of piperidine rings is 1. The second kappa shape index (κ2) is 4.60. The molecule has 0 aromatic carbocycles. The van der Waals surface area contributed by atoms with E-state index < -0.39 is 0 Å². The highest BCUT2D eigenvalue weighted by molar-refractivity contribution is 4.83. The molecule has 0 bridgehead atoms. The molecule has 2 heterocycles. The minimum absolute atomic E-state index is 0.405. The van der Waals surface area contributed by atoms with Crippen molar-refractivity contribution in [3.8, 4) is 0 Å². The average molecular weight is 198 g/mol. The summed E-state index contributed by atoms with van der Waals surface area (Å²) >= 11 is 0. The van der Waals surface area contributed by atoms with E-state index in [0.717, 1.165) is 19.2 Å². The molecule has 82 valence electrons. The molecule has 2 fully saturated rings. The molecule has 0 aromatic heterocycles. The normalized spacial score (nSPS) is 41.1. The van der Waals surface area contributed by atoms with E-state index in [1.54, 1.807) is 0 Å². The number of likely N-dealkylation sites (tertiary alicyclic amines) is 1. The summed E-state index contributed by atoms with van der Waals surface area (Å²) < 4.78 is 5.57. The zero-order chi connectivity index (χ0) is 9.97. The van der Waals surface area contributed by atoms with Crippen LogP contribution in [0.1, 0.15) is 32.6 Å². The summed E-state index contributed by atoms with van der Waals surface area (Å²) in [6.07, 6.45) is 5.29. The van der Waals surface area contributed by atoms with Gasteiger partial charge in [-0.25, -0.2) is 0 Å². The third-order valence-corrected chi connectivity index (χ3v) is 3.46. The molecule has 2 aliphatic rings. The van der Waals surface area contributed by atoms with Crippen molar-refractivity contribution in [1.82, 2.24) is 4.90 Å². The average Bonchev–Trinajstić information content (AvgIpc) is 2.18. The van der Waals surface area contributed by atoms with Gasteiger partial charge in [-0.2, -0.15) is 0 Å². The Morgan fingerprint density at radius 1 is 1.36 bits per heavy atom. The number of ether oxygens (including phenoxy) is 1. The first kappa shape index (κ1) is 10.4. The van der Waals surface area contributed by atoms with Crippen LogP contribution < -0.4 is 5.73 Å². The Balaban J connectivity index is 1.86. The van der Waals surface area contributed by atoms with Gasteiger partial charge in [-0.05, 0) is 39.2 Å². The van der Waals surface area contributed by atoms with E-state index in [9.17, 15) is 0 Å². The molecule has 3 unspecified atom stereocenters. The molecule has 2 rings (SSSR count). The van der Waals surface area contributed by atoms with Gasteiger partial charge in [0.25, 0.3) is 0 Å². The highest BCUT2D eigenvalue weighted by atomic mass is 16.5. The highest BCUT2D eigenvalue weighted by Crippen LogP contribution is 2.22. The van der Waals surface area contributed by atoms with Crippen molar-refractivity contribution in [3.63, 3.8) is 0 Å². The molecule has 0 saturated carbocycles. The number of hydrogen-bond donors (Lipinski definition) is 1. The molecule has 0 spiro atoms. The van der Waals surface area contributed by atoms with Gasteiger partial charge >= 0.3 is 0 Å². The van der Waals surface area contributed by atoms with E-state index in [1.807, 2.05) is 0 Å². The molecule has 0 aromatic rings. The fraction of sp³-hybridized carbons (Fsp3) is 1.00. The lowest BCUT2D eigenvalue weighted by atomic mass is 9.98. The van der Waals surface area contributed by atoms with Crippen molar-refractivity contribution in [1.29, 1.82) is 0 Å². The Kier molecular flexibility index (Phi) is 3.42. The van der Waals surface area contributed by atoms with Gasteiger partial charge in [0.2, 0.25) is 0 Å². The summed E-state index contributed by atoms with van der Waals surface area (Å²) in [7, 11) is 0. The third-order valence-electron chi connectivity index (χ3n) is 3.46. The van der Waals surface area contributed by atoms with Crippen LogP contribution >= 0.6 is 0 Å². The summed E-state index contributed by atoms with van der Waals surface area (Å²) in [4.78, 5) is 2.58. The van der Waals surface area contributed by atoms with Crippen LogP contribution in [0, 0.1) is 0 Å². The smallest absolute Gasteiger partial charge is 0.0561 e. The molecule has 2 N–H and O–H groups in total. The maximum absolute atomic E-state index is 5.99. The van der Waals surface area contributed by atoms with Crippen LogP contribution in [-0.2, 0) is 4.74 Å². The zero-order valence-electron chi connectivity index (χ0n) is 9.11. The first-order valence-electron chi connectivity index (χ1n) is 5.87. The lowest BCUT2D eigenvalue weighted by Crippen LogP contribution is -2.50. The van der Waals surface area contributed by atoms with Crippen LogP contribution in [0.15, 0.2) is 0 Å². The topological polar surface area (TPSA) is 38.5 Å². The zero-order valence-corrected chi connectivity index (χ0v) is 9.11. The Labute approximate surface area is 86.6 Å². The third kappa shape index (κ3) is 2.47. The number of hydrogen-bond acceptors (Lipinski definition) is 3. The first-order chi connectivity index (χ1) is 6.75. The van der Waals surface area contributed by atoms with Gasteiger partial charge in [-0.15, -0.1) is 0 Å². The van der Waals surface area contributed by atoms with Crippen LogP contribution in [0.2, 0.25) is 0 Å². The lowest BCUT2D eigenvalue weighted by molar-refractivity contribution is -0.0229. The standard InChI is InChI=1S/C11H22N2O/c1-9-7-11(4-6-14-9)13-5-2-3-10(12)8-13/h9-11H,2-8,12H2,1H3. The van der Waals surface area contributed by atoms with Crippen LogP contribution in [0.4, 0.5) is 0 Å². The molecule has 0 radical (unpaired) electrons. The van der Waals surface area contributed by atoms with Crippen molar-refractivity contribution in [2.45, 2.75) is 50.8 Å². The Morgan fingerprint density at radius 2 is 2.21 bits per heavy atom. The van der Waals surface area contributed by atoms with Gasteiger partial charge in [0.1, 0.15) is 0 Å². The first-order valence-corrected chi connectivity index (χ1v) is 5.87. The van der Waals surface area contributed by atoms with E-state index in [2.05, 4.69) is 11.8 Å². The van der Waals surface area contributed by atoms with Gasteiger partial charge in [-0.1, -0.05) is 0 Å². The second-order valence-corrected chi connectivity index (χ2v) is 4.76. The fourth-order valence-corrected chi connectivity index (χ4v) is 2.68. The molecule has 2 aliphatic heterocycles. The summed E-state index contributed by atoms with van der Waals surface area (Å²) in [5.41, 5.74) is 5.99. The maximum atomic E-state index is 5.99. The molecular weight excluding hydrogens is 176 g/mol. The Hall–Kier alpha value is -0.120. The number of nitrogens with two attached hydrogens (primary N) is 1. The van der Waals surface area contributed by atoms with Crippen molar-refractivity contribution < 1.29 is 4.74 Å². The van der Waals surface area contributed by atoms with Gasteiger partial charge < -0.3 is 10.5 Å². The molecule has 0 amide bonds. The van der Waals surface area contributed by atoms with Gasteiger partial charge in [0.15, 0.2) is 0 Å². The quantitative estimate of drug-likeness (QED) is 0.682. The summed E-state index contributed by atoms with van der Waals surface area (Å²) in [5.74, 6) is 0. The molecule has 0 aliphatic carbocycles. The summed E-state index contributed by atoms with van der Waals surface area (Å²) in [6, 6.07) is 1.13. The Bertz CT molecular complexity index is 166.